The van der Waals surface area contributed by atoms with E-state index in [4.69, 9.17) is 9.47 Å². The molecule has 3 rings (SSSR count). The lowest BCUT2D eigenvalue weighted by molar-refractivity contribution is -0.131. The van der Waals surface area contributed by atoms with Crippen molar-refractivity contribution in [2.24, 2.45) is 0 Å². The standard InChI is InChI=1S/C25H24N2O5/c1-16-10-11-23(17(2)12-16)31-15-24(29)26-20-7-5-8-21(14-20)27-25(30)19-6-4-9-22(13-19)32-18(3)28/h4-14H,15H2,1-3H3,(H,26,29)(H,27,30). The van der Waals surface area contributed by atoms with Crippen LogP contribution in [0.4, 0.5) is 11.4 Å². The molecule has 3 aromatic rings. The van der Waals surface area contributed by atoms with Crippen molar-refractivity contribution in [2.75, 3.05) is 17.2 Å². The third-order valence-electron chi connectivity index (χ3n) is 4.45. The molecule has 0 aliphatic heterocycles. The molecule has 2 amide bonds. The summed E-state index contributed by atoms with van der Waals surface area (Å²) < 4.78 is 10.6. The highest BCUT2D eigenvalue weighted by molar-refractivity contribution is 6.05. The van der Waals surface area contributed by atoms with Gasteiger partial charge in [-0.2, -0.15) is 0 Å². The molecule has 32 heavy (non-hydrogen) atoms. The van der Waals surface area contributed by atoms with Crippen molar-refractivity contribution in [3.05, 3.63) is 83.4 Å². The van der Waals surface area contributed by atoms with Crippen LogP contribution in [-0.2, 0) is 9.59 Å². The van der Waals surface area contributed by atoms with Crippen LogP contribution in [0.1, 0.15) is 28.4 Å². The molecule has 0 saturated carbocycles. The molecule has 0 saturated heterocycles. The van der Waals surface area contributed by atoms with Crippen molar-refractivity contribution in [2.45, 2.75) is 20.8 Å². The second-order valence-corrected chi connectivity index (χ2v) is 7.26. The zero-order valence-electron chi connectivity index (χ0n) is 18.1. The molecule has 2 N–H and O–H groups in total. The minimum absolute atomic E-state index is 0.135. The molecule has 7 heteroatoms. The molecule has 0 fully saturated rings. The third kappa shape index (κ3) is 6.43. The van der Waals surface area contributed by atoms with Gasteiger partial charge in [-0.15, -0.1) is 0 Å². The molecule has 0 atom stereocenters. The van der Waals surface area contributed by atoms with Crippen LogP contribution < -0.4 is 20.1 Å². The van der Waals surface area contributed by atoms with Gasteiger partial charge in [-0.3, -0.25) is 14.4 Å². The van der Waals surface area contributed by atoms with Crippen molar-refractivity contribution in [3.8, 4) is 11.5 Å². The van der Waals surface area contributed by atoms with E-state index in [-0.39, 0.29) is 24.2 Å². The summed E-state index contributed by atoms with van der Waals surface area (Å²) in [6.45, 7) is 5.07. The number of rotatable bonds is 7. The average molecular weight is 432 g/mol. The van der Waals surface area contributed by atoms with E-state index in [1.165, 1.54) is 13.0 Å². The van der Waals surface area contributed by atoms with Crippen LogP contribution in [0, 0.1) is 13.8 Å². The maximum absolute atomic E-state index is 12.5. The Hall–Kier alpha value is -4.13. The second-order valence-electron chi connectivity index (χ2n) is 7.26. The number of esters is 1. The summed E-state index contributed by atoms with van der Waals surface area (Å²) >= 11 is 0. The Morgan fingerprint density at radius 3 is 2.28 bits per heavy atom. The highest BCUT2D eigenvalue weighted by Crippen LogP contribution is 2.20. The first-order valence-electron chi connectivity index (χ1n) is 10.00. The molecule has 0 aliphatic carbocycles. The summed E-state index contributed by atoms with van der Waals surface area (Å²) in [6, 6.07) is 18.8. The van der Waals surface area contributed by atoms with Crippen LogP contribution in [-0.4, -0.2) is 24.4 Å². The number of ether oxygens (including phenoxy) is 2. The first kappa shape index (κ1) is 22.6. The van der Waals surface area contributed by atoms with Crippen LogP contribution >= 0.6 is 0 Å². The number of benzene rings is 3. The minimum atomic E-state index is -0.465. The van der Waals surface area contributed by atoms with Gasteiger partial charge >= 0.3 is 5.97 Å². The number of nitrogens with one attached hydrogen (secondary N) is 2. The first-order chi connectivity index (χ1) is 15.3. The molecular formula is C25H24N2O5. The first-order valence-corrected chi connectivity index (χ1v) is 10.00. The number of carbonyl (C=O) groups excluding carboxylic acids is 3. The van der Waals surface area contributed by atoms with Crippen molar-refractivity contribution in [1.29, 1.82) is 0 Å². The second kappa shape index (κ2) is 10.3. The SMILES string of the molecule is CC(=O)Oc1cccc(C(=O)Nc2cccc(NC(=O)COc3ccc(C)cc3C)c2)c1. The molecule has 7 nitrogen and oxygen atoms in total. The maximum atomic E-state index is 12.5. The summed E-state index contributed by atoms with van der Waals surface area (Å²) in [4.78, 5) is 35.9. The van der Waals surface area contributed by atoms with Gasteiger partial charge in [0.1, 0.15) is 11.5 Å². The Morgan fingerprint density at radius 2 is 1.56 bits per heavy atom. The maximum Gasteiger partial charge on any atom is 0.308 e. The molecular weight excluding hydrogens is 408 g/mol. The lowest BCUT2D eigenvalue weighted by Crippen LogP contribution is -2.20. The summed E-state index contributed by atoms with van der Waals surface area (Å²) in [5.74, 6) is -0.214. The van der Waals surface area contributed by atoms with Crippen LogP contribution in [0.5, 0.6) is 11.5 Å². The molecule has 0 heterocycles. The average Bonchev–Trinajstić information content (AvgIpc) is 2.73. The number of anilines is 2. The van der Waals surface area contributed by atoms with E-state index >= 15 is 0 Å². The molecule has 0 aromatic heterocycles. The molecule has 0 spiro atoms. The van der Waals surface area contributed by atoms with E-state index in [9.17, 15) is 14.4 Å². The fourth-order valence-electron chi connectivity index (χ4n) is 3.05. The number of hydrogen-bond acceptors (Lipinski definition) is 5. The smallest absolute Gasteiger partial charge is 0.308 e. The van der Waals surface area contributed by atoms with Gasteiger partial charge in [0.05, 0.1) is 0 Å². The van der Waals surface area contributed by atoms with Crippen LogP contribution in [0.3, 0.4) is 0 Å². The van der Waals surface area contributed by atoms with E-state index in [2.05, 4.69) is 10.6 Å². The Kier molecular flexibility index (Phi) is 7.23. The highest BCUT2D eigenvalue weighted by Gasteiger charge is 2.10. The van der Waals surface area contributed by atoms with E-state index in [1.807, 2.05) is 32.0 Å². The van der Waals surface area contributed by atoms with Gasteiger partial charge in [-0.05, 0) is 61.9 Å². The lowest BCUT2D eigenvalue weighted by Gasteiger charge is -2.11. The third-order valence-corrected chi connectivity index (χ3v) is 4.45. The van der Waals surface area contributed by atoms with Gasteiger partial charge < -0.3 is 20.1 Å². The van der Waals surface area contributed by atoms with E-state index in [1.54, 1.807) is 42.5 Å². The summed E-state index contributed by atoms with van der Waals surface area (Å²) in [5.41, 5.74) is 3.43. The van der Waals surface area contributed by atoms with Gasteiger partial charge in [0, 0.05) is 23.9 Å². The summed E-state index contributed by atoms with van der Waals surface area (Å²) in [5, 5.41) is 5.52. The van der Waals surface area contributed by atoms with Crippen molar-refractivity contribution in [3.63, 3.8) is 0 Å². The topological polar surface area (TPSA) is 93.7 Å². The van der Waals surface area contributed by atoms with Gasteiger partial charge in [-0.1, -0.05) is 29.8 Å². The predicted octanol–water partition coefficient (Wildman–Crippen LogP) is 4.50. The molecule has 0 unspecified atom stereocenters. The zero-order chi connectivity index (χ0) is 23.1. The molecule has 3 aromatic carbocycles. The number of amides is 2. The fourth-order valence-corrected chi connectivity index (χ4v) is 3.05. The lowest BCUT2D eigenvalue weighted by atomic mass is 10.1. The van der Waals surface area contributed by atoms with Crippen molar-refractivity contribution in [1.82, 2.24) is 0 Å². The van der Waals surface area contributed by atoms with E-state index in [0.717, 1.165) is 11.1 Å². The number of hydrogen-bond donors (Lipinski definition) is 2. The Labute approximate surface area is 186 Å². The normalized spacial score (nSPS) is 10.2. The minimum Gasteiger partial charge on any atom is -0.483 e. The van der Waals surface area contributed by atoms with Crippen molar-refractivity contribution < 1.29 is 23.9 Å². The Bertz CT molecular complexity index is 1160. The summed E-state index contributed by atoms with van der Waals surface area (Å²) in [7, 11) is 0. The largest absolute Gasteiger partial charge is 0.483 e. The Morgan fingerprint density at radius 1 is 0.844 bits per heavy atom. The predicted molar refractivity (Wildman–Crippen MR) is 122 cm³/mol. The molecule has 0 aliphatic rings. The van der Waals surface area contributed by atoms with Gasteiger partial charge in [0.25, 0.3) is 11.8 Å². The van der Waals surface area contributed by atoms with Crippen LogP contribution in [0.2, 0.25) is 0 Å². The molecule has 164 valence electrons. The quantitative estimate of drug-likeness (QED) is 0.424. The van der Waals surface area contributed by atoms with Gasteiger partial charge in [0.15, 0.2) is 6.61 Å². The van der Waals surface area contributed by atoms with Gasteiger partial charge in [-0.25, -0.2) is 0 Å². The van der Waals surface area contributed by atoms with E-state index in [0.29, 0.717) is 22.7 Å². The molecule has 0 radical (unpaired) electrons. The van der Waals surface area contributed by atoms with E-state index < -0.39 is 5.97 Å². The summed E-state index contributed by atoms with van der Waals surface area (Å²) in [6.07, 6.45) is 0. The zero-order valence-corrected chi connectivity index (χ0v) is 18.1. The Balaban J connectivity index is 1.59. The number of aryl methyl sites for hydroxylation is 2. The van der Waals surface area contributed by atoms with Crippen LogP contribution in [0.15, 0.2) is 66.7 Å². The van der Waals surface area contributed by atoms with Gasteiger partial charge in [0.2, 0.25) is 0 Å². The highest BCUT2D eigenvalue weighted by atomic mass is 16.5. The van der Waals surface area contributed by atoms with Crippen LogP contribution in [0.25, 0.3) is 0 Å². The fraction of sp³-hybridized carbons (Fsp3) is 0.160. The number of carbonyl (C=O) groups is 3. The molecule has 0 bridgehead atoms. The monoisotopic (exact) mass is 432 g/mol. The van der Waals surface area contributed by atoms with Crippen molar-refractivity contribution >= 4 is 29.2 Å².